The van der Waals surface area contributed by atoms with Crippen LogP contribution in [0.25, 0.3) is 5.69 Å². The number of nitrogens with one attached hydrogen (secondary N) is 1. The zero-order valence-corrected chi connectivity index (χ0v) is 16.3. The van der Waals surface area contributed by atoms with Crippen molar-refractivity contribution in [2.75, 3.05) is 19.5 Å². The second-order valence-corrected chi connectivity index (χ2v) is 6.06. The molecule has 1 N–H and O–H groups in total. The Morgan fingerprint density at radius 1 is 0.966 bits per heavy atom. The summed E-state index contributed by atoms with van der Waals surface area (Å²) < 4.78 is 17.2. The summed E-state index contributed by atoms with van der Waals surface area (Å²) in [6.07, 6.45) is 0.518. The van der Waals surface area contributed by atoms with E-state index in [-0.39, 0.29) is 11.4 Å². The maximum absolute atomic E-state index is 12.6. The molecule has 1 aromatic heterocycles. The third-order valence-corrected chi connectivity index (χ3v) is 4.13. The van der Waals surface area contributed by atoms with Crippen LogP contribution in [0.2, 0.25) is 0 Å². The molecule has 0 fully saturated rings. The van der Waals surface area contributed by atoms with Crippen LogP contribution in [-0.2, 0) is 9.53 Å². The van der Waals surface area contributed by atoms with Crippen LogP contribution in [0.1, 0.15) is 17.4 Å². The van der Waals surface area contributed by atoms with E-state index in [4.69, 9.17) is 14.2 Å². The molecule has 1 amide bonds. The van der Waals surface area contributed by atoms with Crippen molar-refractivity contribution in [2.45, 2.75) is 13.0 Å². The molecule has 0 aliphatic carbocycles. The molecule has 0 aliphatic heterocycles. The summed E-state index contributed by atoms with van der Waals surface area (Å²) in [7, 11) is 2.94. The first-order valence-electron chi connectivity index (χ1n) is 8.87. The number of esters is 1. The summed E-state index contributed by atoms with van der Waals surface area (Å²) in [6, 6.07) is 16.2. The van der Waals surface area contributed by atoms with E-state index in [1.165, 1.54) is 25.8 Å². The first kappa shape index (κ1) is 19.9. The van der Waals surface area contributed by atoms with Crippen LogP contribution in [0.5, 0.6) is 11.5 Å². The number of methoxy groups -OCH3 is 2. The molecule has 150 valence electrons. The highest BCUT2D eigenvalue weighted by atomic mass is 16.6. The zero-order valence-electron chi connectivity index (χ0n) is 16.3. The van der Waals surface area contributed by atoms with Gasteiger partial charge in [-0.1, -0.05) is 30.3 Å². The first-order chi connectivity index (χ1) is 14.0. The van der Waals surface area contributed by atoms with E-state index in [1.807, 2.05) is 30.3 Å². The lowest BCUT2D eigenvalue weighted by molar-refractivity contribution is -0.123. The van der Waals surface area contributed by atoms with Crippen molar-refractivity contribution in [3.63, 3.8) is 0 Å². The fourth-order valence-electron chi connectivity index (χ4n) is 2.61. The van der Waals surface area contributed by atoms with Gasteiger partial charge < -0.3 is 19.5 Å². The molecule has 29 heavy (non-hydrogen) atoms. The van der Waals surface area contributed by atoms with Crippen LogP contribution >= 0.6 is 0 Å². The van der Waals surface area contributed by atoms with Crippen molar-refractivity contribution in [1.82, 2.24) is 9.78 Å². The van der Waals surface area contributed by atoms with Gasteiger partial charge in [0.25, 0.3) is 5.91 Å². The highest BCUT2D eigenvalue weighted by Crippen LogP contribution is 2.24. The normalized spacial score (nSPS) is 11.4. The van der Waals surface area contributed by atoms with Crippen molar-refractivity contribution in [3.8, 4) is 17.2 Å². The Bertz CT molecular complexity index is 1000. The number of carbonyl (C=O) groups excluding carboxylic acids is 2. The number of aromatic nitrogens is 2. The van der Waals surface area contributed by atoms with Crippen molar-refractivity contribution in [3.05, 3.63) is 66.5 Å². The largest absolute Gasteiger partial charge is 0.495 e. The second kappa shape index (κ2) is 8.92. The molecule has 8 nitrogen and oxygen atoms in total. The average molecular weight is 395 g/mol. The van der Waals surface area contributed by atoms with E-state index in [2.05, 4.69) is 10.4 Å². The Hall–Kier alpha value is -3.81. The fourth-order valence-corrected chi connectivity index (χ4v) is 2.61. The van der Waals surface area contributed by atoms with Gasteiger partial charge in [-0.2, -0.15) is 5.10 Å². The van der Waals surface area contributed by atoms with Gasteiger partial charge in [-0.25, -0.2) is 9.48 Å². The van der Waals surface area contributed by atoms with Crippen LogP contribution in [0.4, 0.5) is 5.69 Å². The van der Waals surface area contributed by atoms with Crippen molar-refractivity contribution in [1.29, 1.82) is 0 Å². The zero-order chi connectivity index (χ0) is 20.8. The minimum atomic E-state index is -1.06. The number of anilines is 1. The molecule has 2 aromatic carbocycles. The van der Waals surface area contributed by atoms with Gasteiger partial charge in [0.05, 0.1) is 31.8 Å². The molecule has 0 unspecified atom stereocenters. The van der Waals surface area contributed by atoms with E-state index in [1.54, 1.807) is 30.5 Å². The summed E-state index contributed by atoms with van der Waals surface area (Å²) in [5, 5.41) is 6.92. The number of ether oxygens (including phenoxy) is 3. The number of carbonyl (C=O) groups is 2. The Labute approximate surface area is 168 Å². The van der Waals surface area contributed by atoms with Crippen molar-refractivity contribution < 1.29 is 23.8 Å². The van der Waals surface area contributed by atoms with Gasteiger partial charge in [-0.3, -0.25) is 4.79 Å². The van der Waals surface area contributed by atoms with Crippen molar-refractivity contribution >= 4 is 17.6 Å². The molecule has 3 rings (SSSR count). The predicted molar refractivity (Wildman–Crippen MR) is 107 cm³/mol. The molecule has 1 heterocycles. The third-order valence-electron chi connectivity index (χ3n) is 4.13. The lowest BCUT2D eigenvalue weighted by atomic mass is 10.2. The Morgan fingerprint density at radius 2 is 1.62 bits per heavy atom. The van der Waals surface area contributed by atoms with Gasteiger partial charge in [0.15, 0.2) is 11.9 Å². The summed E-state index contributed by atoms with van der Waals surface area (Å²) >= 11 is 0. The number of hydrogen-bond donors (Lipinski definition) is 1. The van der Waals surface area contributed by atoms with Gasteiger partial charge in [0.1, 0.15) is 5.75 Å². The smallest absolute Gasteiger partial charge is 0.363 e. The topological polar surface area (TPSA) is 91.7 Å². The summed E-state index contributed by atoms with van der Waals surface area (Å²) in [5.41, 5.74) is 1.22. The standard InChI is InChI=1S/C21H21N3O5/c1-14(20(25)22-16-11-7-8-12-17(16)27-2)29-21(26)19-18(28-3)13-24(23-19)15-9-5-4-6-10-15/h4-14H,1-3H3,(H,22,25)/t14-/m1/s1. The molecule has 0 radical (unpaired) electrons. The Morgan fingerprint density at radius 3 is 2.31 bits per heavy atom. The quantitative estimate of drug-likeness (QED) is 0.618. The van der Waals surface area contributed by atoms with Gasteiger partial charge >= 0.3 is 5.97 Å². The molecule has 1 atom stereocenters. The van der Waals surface area contributed by atoms with Crippen LogP contribution in [0.15, 0.2) is 60.8 Å². The lowest BCUT2D eigenvalue weighted by Gasteiger charge is -2.14. The summed E-state index contributed by atoms with van der Waals surface area (Å²) in [5.74, 6) is -0.512. The predicted octanol–water partition coefficient (Wildman–Crippen LogP) is 3.07. The number of rotatable bonds is 7. The minimum Gasteiger partial charge on any atom is -0.495 e. The fraction of sp³-hybridized carbons (Fsp3) is 0.190. The molecular weight excluding hydrogens is 374 g/mol. The molecule has 0 saturated heterocycles. The molecule has 8 heteroatoms. The summed E-state index contributed by atoms with van der Waals surface area (Å²) in [4.78, 5) is 25.0. The molecule has 0 spiro atoms. The second-order valence-electron chi connectivity index (χ2n) is 6.06. The van der Waals surface area contributed by atoms with E-state index in [0.29, 0.717) is 11.4 Å². The number of nitrogens with zero attached hydrogens (tertiary/aromatic N) is 2. The number of para-hydroxylation sites is 3. The van der Waals surface area contributed by atoms with E-state index in [9.17, 15) is 9.59 Å². The lowest BCUT2D eigenvalue weighted by Crippen LogP contribution is -2.30. The highest BCUT2D eigenvalue weighted by molar-refractivity contribution is 5.98. The molecule has 3 aromatic rings. The van der Waals surface area contributed by atoms with Crippen LogP contribution in [-0.4, -0.2) is 42.0 Å². The molecule has 0 bridgehead atoms. The monoisotopic (exact) mass is 395 g/mol. The first-order valence-corrected chi connectivity index (χ1v) is 8.87. The van der Waals surface area contributed by atoms with Gasteiger partial charge in [-0.15, -0.1) is 0 Å². The summed E-state index contributed by atoms with van der Waals surface area (Å²) in [6.45, 7) is 1.48. The number of benzene rings is 2. The SMILES string of the molecule is COc1ccccc1NC(=O)[C@@H](C)OC(=O)c1nn(-c2ccccc2)cc1OC. The average Bonchev–Trinajstić information content (AvgIpc) is 3.19. The van der Waals surface area contributed by atoms with E-state index < -0.39 is 18.0 Å². The van der Waals surface area contributed by atoms with Crippen molar-refractivity contribution in [2.24, 2.45) is 0 Å². The van der Waals surface area contributed by atoms with Crippen LogP contribution in [0.3, 0.4) is 0 Å². The highest BCUT2D eigenvalue weighted by Gasteiger charge is 2.25. The van der Waals surface area contributed by atoms with E-state index >= 15 is 0 Å². The van der Waals surface area contributed by atoms with E-state index in [0.717, 1.165) is 5.69 Å². The molecule has 0 saturated carbocycles. The molecular formula is C21H21N3O5. The minimum absolute atomic E-state index is 0.0201. The Balaban J connectivity index is 1.72. The Kier molecular flexibility index (Phi) is 6.13. The number of hydrogen-bond acceptors (Lipinski definition) is 6. The maximum atomic E-state index is 12.6. The van der Waals surface area contributed by atoms with Gasteiger partial charge in [-0.05, 0) is 31.2 Å². The maximum Gasteiger partial charge on any atom is 0.363 e. The molecule has 0 aliphatic rings. The third kappa shape index (κ3) is 4.55. The van der Waals surface area contributed by atoms with Gasteiger partial charge in [0.2, 0.25) is 5.69 Å². The van der Waals surface area contributed by atoms with Gasteiger partial charge in [0, 0.05) is 0 Å². The number of amides is 1. The van der Waals surface area contributed by atoms with Crippen LogP contribution in [0, 0.1) is 0 Å². The van der Waals surface area contributed by atoms with Crippen LogP contribution < -0.4 is 14.8 Å².